The second-order valence-corrected chi connectivity index (χ2v) is 3.23. The fourth-order valence-electron chi connectivity index (χ4n) is 0.405. The summed E-state index contributed by atoms with van der Waals surface area (Å²) in [5.74, 6) is -1.07. The van der Waals surface area contributed by atoms with E-state index in [1.807, 2.05) is 0 Å². The zero-order chi connectivity index (χ0) is 9.02. The topological polar surface area (TPSA) is 57.5 Å². The van der Waals surface area contributed by atoms with E-state index >= 15 is 0 Å². The van der Waals surface area contributed by atoms with Crippen LogP contribution in [0.4, 0.5) is 0 Å². The quantitative estimate of drug-likeness (QED) is 0.347. The first-order valence-corrected chi connectivity index (χ1v) is 4.12. The third-order valence-corrected chi connectivity index (χ3v) is 2.03. The molecule has 0 saturated heterocycles. The van der Waals surface area contributed by atoms with Crippen molar-refractivity contribution in [2.24, 2.45) is 0 Å². The number of hydrogen-bond donors (Lipinski definition) is 2. The maximum atomic E-state index is 10.2. The average Bonchev–Trinajstić information content (AvgIpc) is 1.87. The molecule has 0 aromatic heterocycles. The molecule has 0 rings (SSSR count). The Labute approximate surface area is 78.8 Å². The van der Waals surface area contributed by atoms with Gasteiger partial charge in [-0.1, -0.05) is 18.1 Å². The molecule has 0 aromatic carbocycles. The summed E-state index contributed by atoms with van der Waals surface area (Å²) in [7, 11) is 0. The summed E-state index contributed by atoms with van der Waals surface area (Å²) in [6, 6.07) is 0. The van der Waals surface area contributed by atoms with Crippen molar-refractivity contribution in [3.63, 3.8) is 0 Å². The first-order valence-electron chi connectivity index (χ1n) is 2.87. The minimum absolute atomic E-state index is 0.0155. The maximum absolute atomic E-state index is 10.2. The highest BCUT2D eigenvalue weighted by atomic mass is 127. The van der Waals surface area contributed by atoms with E-state index in [9.17, 15) is 4.79 Å². The molecule has 60 valence electrons. The molecule has 0 fully saturated rings. The predicted octanol–water partition coefficient (Wildman–Crippen LogP) is 1.03. The van der Waals surface area contributed by atoms with Crippen LogP contribution in [-0.4, -0.2) is 20.9 Å². The number of allylic oxidation sites excluding steroid dienone is 1. The number of halogens is 1. The lowest BCUT2D eigenvalue weighted by molar-refractivity contribution is -0.132. The van der Waals surface area contributed by atoms with Crippen molar-refractivity contribution in [3.05, 3.63) is 23.7 Å². The van der Waals surface area contributed by atoms with Gasteiger partial charge in [-0.15, -0.1) is 22.4 Å². The SMILES string of the molecule is C=C(/C=C(\C)B(O)I)C(=O)O. The van der Waals surface area contributed by atoms with Crippen LogP contribution in [0.1, 0.15) is 6.92 Å². The second-order valence-electron chi connectivity index (χ2n) is 2.05. The van der Waals surface area contributed by atoms with Crippen molar-refractivity contribution in [2.75, 3.05) is 0 Å². The number of carboxylic acid groups (broad SMARTS) is 1. The first-order chi connectivity index (χ1) is 4.95. The Kier molecular flexibility index (Phi) is 4.43. The van der Waals surface area contributed by atoms with Crippen molar-refractivity contribution in [1.82, 2.24) is 0 Å². The van der Waals surface area contributed by atoms with Crippen molar-refractivity contribution in [1.29, 1.82) is 0 Å². The van der Waals surface area contributed by atoms with E-state index < -0.39 is 10.7 Å². The summed E-state index contributed by atoms with van der Waals surface area (Å²) in [6.07, 6.45) is 1.35. The fraction of sp³-hybridized carbons (Fsp3) is 0.167. The fourth-order valence-corrected chi connectivity index (χ4v) is 0.585. The monoisotopic (exact) mass is 266 g/mol. The summed E-state index contributed by atoms with van der Waals surface area (Å²) in [5.41, 5.74) is 0.566. The molecule has 0 aliphatic rings. The van der Waals surface area contributed by atoms with Gasteiger partial charge in [0.25, 0.3) is 0 Å². The minimum atomic E-state index is -1.07. The largest absolute Gasteiger partial charge is 0.478 e. The van der Waals surface area contributed by atoms with Crippen LogP contribution in [0.5, 0.6) is 0 Å². The molecule has 0 unspecified atom stereocenters. The molecule has 0 saturated carbocycles. The molecular formula is C6H8BIO3. The van der Waals surface area contributed by atoms with Crippen LogP contribution in [0, 0.1) is 0 Å². The van der Waals surface area contributed by atoms with E-state index in [2.05, 4.69) is 6.58 Å². The summed E-state index contributed by atoms with van der Waals surface area (Å²) in [5, 5.41) is 17.3. The molecule has 0 radical (unpaired) electrons. The minimum Gasteiger partial charge on any atom is -0.478 e. The summed E-state index contributed by atoms with van der Waals surface area (Å²) < 4.78 is -0.649. The highest BCUT2D eigenvalue weighted by Gasteiger charge is 2.09. The van der Waals surface area contributed by atoms with Gasteiger partial charge in [0.2, 0.25) is 0 Å². The lowest BCUT2D eigenvalue weighted by Crippen LogP contribution is -2.05. The van der Waals surface area contributed by atoms with Crippen LogP contribution in [0.3, 0.4) is 0 Å². The van der Waals surface area contributed by atoms with Gasteiger partial charge in [-0.25, -0.2) is 4.79 Å². The van der Waals surface area contributed by atoms with Crippen LogP contribution in [0.25, 0.3) is 0 Å². The Morgan fingerprint density at radius 1 is 1.73 bits per heavy atom. The zero-order valence-electron chi connectivity index (χ0n) is 6.04. The molecule has 0 aromatic rings. The molecule has 0 heterocycles. The Morgan fingerprint density at radius 3 is 2.45 bits per heavy atom. The van der Waals surface area contributed by atoms with Gasteiger partial charge in [-0.3, -0.25) is 0 Å². The van der Waals surface area contributed by atoms with Crippen molar-refractivity contribution in [2.45, 2.75) is 6.92 Å². The first kappa shape index (κ1) is 10.7. The lowest BCUT2D eigenvalue weighted by atomic mass is 9.88. The molecule has 0 aliphatic carbocycles. The van der Waals surface area contributed by atoms with E-state index in [0.717, 1.165) is 0 Å². The molecule has 0 aliphatic heterocycles. The van der Waals surface area contributed by atoms with Gasteiger partial charge >= 0.3 is 10.7 Å². The average molecular weight is 266 g/mol. The van der Waals surface area contributed by atoms with E-state index in [4.69, 9.17) is 10.1 Å². The van der Waals surface area contributed by atoms with Gasteiger partial charge in [0.1, 0.15) is 0 Å². The van der Waals surface area contributed by atoms with Gasteiger partial charge in [0.05, 0.1) is 5.57 Å². The summed E-state index contributed by atoms with van der Waals surface area (Å²) in [6.45, 7) is 4.93. The Balaban J connectivity index is 4.32. The number of carboxylic acids is 1. The molecule has 0 atom stereocenters. The molecule has 0 bridgehead atoms. The Bertz CT molecular complexity index is 210. The third-order valence-electron chi connectivity index (χ3n) is 1.05. The van der Waals surface area contributed by atoms with E-state index in [-0.39, 0.29) is 5.57 Å². The van der Waals surface area contributed by atoms with Crippen LogP contribution < -0.4 is 0 Å². The molecule has 5 heteroatoms. The van der Waals surface area contributed by atoms with Crippen molar-refractivity contribution < 1.29 is 14.9 Å². The standard InChI is InChI=1S/C6H8BIO3/c1-4(6(9)10)3-5(2)7(8)11/h3,11H,1H2,2H3,(H,9,10)/b5-3+. The predicted molar refractivity (Wildman–Crippen MR) is 52.5 cm³/mol. The number of hydrogen-bond acceptors (Lipinski definition) is 2. The Hall–Kier alpha value is -0.295. The lowest BCUT2D eigenvalue weighted by Gasteiger charge is -1.97. The number of aliphatic carboxylic acids is 1. The van der Waals surface area contributed by atoms with Crippen LogP contribution in [-0.2, 0) is 4.79 Å². The number of carbonyl (C=O) groups is 1. The van der Waals surface area contributed by atoms with Gasteiger partial charge in [-0.05, 0) is 6.92 Å². The summed E-state index contributed by atoms with van der Waals surface area (Å²) in [4.78, 5) is 10.2. The van der Waals surface area contributed by atoms with Gasteiger partial charge in [-0.2, -0.15) is 0 Å². The van der Waals surface area contributed by atoms with Crippen LogP contribution >= 0.6 is 22.4 Å². The van der Waals surface area contributed by atoms with Gasteiger partial charge in [0.15, 0.2) is 0 Å². The Morgan fingerprint density at radius 2 is 2.18 bits per heavy atom. The zero-order valence-corrected chi connectivity index (χ0v) is 8.20. The molecule has 2 N–H and O–H groups in total. The van der Waals surface area contributed by atoms with Crippen LogP contribution in [0.2, 0.25) is 0 Å². The molecule has 3 nitrogen and oxygen atoms in total. The summed E-state index contributed by atoms with van der Waals surface area (Å²) >= 11 is 1.78. The molecule has 11 heavy (non-hydrogen) atoms. The van der Waals surface area contributed by atoms with Gasteiger partial charge in [0, 0.05) is 0 Å². The second kappa shape index (κ2) is 4.56. The van der Waals surface area contributed by atoms with Crippen molar-refractivity contribution >= 4 is 33.1 Å². The van der Waals surface area contributed by atoms with E-state index in [1.165, 1.54) is 6.08 Å². The van der Waals surface area contributed by atoms with Crippen molar-refractivity contribution in [3.8, 4) is 0 Å². The maximum Gasteiger partial charge on any atom is 0.393 e. The highest BCUT2D eigenvalue weighted by molar-refractivity contribution is 14.1. The highest BCUT2D eigenvalue weighted by Crippen LogP contribution is 2.07. The third kappa shape index (κ3) is 4.21. The molecular weight excluding hydrogens is 258 g/mol. The normalized spacial score (nSPS) is 11.0. The van der Waals surface area contributed by atoms with E-state index in [1.54, 1.807) is 29.3 Å². The molecule has 0 amide bonds. The smallest absolute Gasteiger partial charge is 0.393 e. The van der Waals surface area contributed by atoms with E-state index in [0.29, 0.717) is 5.47 Å². The van der Waals surface area contributed by atoms with Crippen LogP contribution in [0.15, 0.2) is 23.7 Å². The number of rotatable bonds is 3. The van der Waals surface area contributed by atoms with Gasteiger partial charge < -0.3 is 10.1 Å². The molecule has 0 spiro atoms.